The third-order valence-corrected chi connectivity index (χ3v) is 6.07. The van der Waals surface area contributed by atoms with Gasteiger partial charge in [0.05, 0.1) is 17.8 Å². The largest absolute Gasteiger partial charge is 0.388 e. The van der Waals surface area contributed by atoms with Crippen molar-refractivity contribution in [3.05, 3.63) is 0 Å². The third kappa shape index (κ3) is 2.34. The van der Waals surface area contributed by atoms with Crippen LogP contribution in [0.4, 0.5) is 0 Å². The number of rotatable bonds is 2. The fourth-order valence-electron chi connectivity index (χ4n) is 4.92. The number of fused-ring (bicyclic) bond motifs is 5. The molecule has 21 heavy (non-hydrogen) atoms. The predicted molar refractivity (Wildman–Crippen MR) is 81.2 cm³/mol. The van der Waals surface area contributed by atoms with Crippen LogP contribution >= 0.6 is 0 Å². The summed E-state index contributed by atoms with van der Waals surface area (Å²) in [5.41, 5.74) is -0.520. The van der Waals surface area contributed by atoms with Crippen LogP contribution in [0.15, 0.2) is 4.99 Å². The minimum Gasteiger partial charge on any atom is -0.388 e. The van der Waals surface area contributed by atoms with E-state index in [1.807, 2.05) is 7.05 Å². The maximum Gasteiger partial charge on any atom is 0.193 e. The van der Waals surface area contributed by atoms with Gasteiger partial charge in [0.25, 0.3) is 0 Å². The second kappa shape index (κ2) is 5.13. The Labute approximate surface area is 126 Å². The molecule has 4 unspecified atom stereocenters. The van der Waals surface area contributed by atoms with Gasteiger partial charge >= 0.3 is 0 Å². The molecule has 2 N–H and O–H groups in total. The van der Waals surface area contributed by atoms with Crippen LogP contribution in [0, 0.1) is 11.8 Å². The number of ether oxygens (including phenoxy) is 1. The number of nitrogens with zero attached hydrogens (tertiary/aromatic N) is 2. The Bertz CT molecular complexity index is 415. The van der Waals surface area contributed by atoms with E-state index in [-0.39, 0.29) is 0 Å². The van der Waals surface area contributed by atoms with Gasteiger partial charge in [-0.1, -0.05) is 12.8 Å². The summed E-state index contributed by atoms with van der Waals surface area (Å²) in [5.74, 6) is 2.35. The van der Waals surface area contributed by atoms with E-state index >= 15 is 0 Å². The number of hydrogen-bond donors (Lipinski definition) is 2. The van der Waals surface area contributed by atoms with Crippen molar-refractivity contribution in [3.8, 4) is 0 Å². The minimum absolute atomic E-state index is 0.488. The average Bonchev–Trinajstić information content (AvgIpc) is 3.20. The van der Waals surface area contributed by atoms with E-state index in [0.717, 1.165) is 44.7 Å². The van der Waals surface area contributed by atoms with Crippen LogP contribution in [0.5, 0.6) is 0 Å². The number of aliphatic hydroxyl groups is 1. The Balaban J connectivity index is 1.37. The molecule has 3 heterocycles. The van der Waals surface area contributed by atoms with Crippen molar-refractivity contribution in [2.24, 2.45) is 16.8 Å². The SMILES string of the molecule is CN=C(NCC1(O)CCCC1)N1CC2C3CCC(O3)C2C1. The molecule has 0 spiro atoms. The molecule has 3 aliphatic heterocycles. The first kappa shape index (κ1) is 13.8. The van der Waals surface area contributed by atoms with E-state index in [1.165, 1.54) is 12.8 Å². The minimum atomic E-state index is -0.520. The van der Waals surface area contributed by atoms with Crippen LogP contribution in [-0.2, 0) is 4.74 Å². The van der Waals surface area contributed by atoms with Gasteiger partial charge in [-0.2, -0.15) is 0 Å². The Morgan fingerprint density at radius 2 is 1.86 bits per heavy atom. The van der Waals surface area contributed by atoms with E-state index < -0.39 is 5.60 Å². The molecule has 4 aliphatic rings. The molecule has 1 aliphatic carbocycles. The van der Waals surface area contributed by atoms with Gasteiger partial charge in [0, 0.05) is 38.5 Å². The number of hydrogen-bond acceptors (Lipinski definition) is 3. The number of guanidine groups is 1. The summed E-state index contributed by atoms with van der Waals surface area (Å²) >= 11 is 0. The van der Waals surface area contributed by atoms with Crippen LogP contribution in [0.3, 0.4) is 0 Å². The van der Waals surface area contributed by atoms with Gasteiger partial charge < -0.3 is 20.1 Å². The maximum absolute atomic E-state index is 10.5. The topological polar surface area (TPSA) is 57.1 Å². The Morgan fingerprint density at radius 1 is 1.24 bits per heavy atom. The van der Waals surface area contributed by atoms with Crippen LogP contribution in [0.2, 0.25) is 0 Å². The first-order chi connectivity index (χ1) is 10.2. The molecule has 0 radical (unpaired) electrons. The standard InChI is InChI=1S/C16H27N3O2/c1-17-15(18-10-16(20)6-2-3-7-16)19-8-11-12(9-19)14-5-4-13(11)21-14/h11-14,20H,2-10H2,1H3,(H,17,18). The van der Waals surface area contributed by atoms with E-state index in [0.29, 0.717) is 30.6 Å². The van der Waals surface area contributed by atoms with Crippen molar-refractivity contribution in [3.63, 3.8) is 0 Å². The molecule has 4 atom stereocenters. The molecule has 5 heteroatoms. The fourth-order valence-corrected chi connectivity index (χ4v) is 4.92. The summed E-state index contributed by atoms with van der Waals surface area (Å²) in [5, 5.41) is 13.9. The molecular weight excluding hydrogens is 266 g/mol. The quantitative estimate of drug-likeness (QED) is 0.588. The lowest BCUT2D eigenvalue weighted by molar-refractivity contribution is 0.0510. The van der Waals surface area contributed by atoms with Gasteiger partial charge in [0.1, 0.15) is 0 Å². The van der Waals surface area contributed by atoms with Crippen molar-refractivity contribution in [1.29, 1.82) is 0 Å². The summed E-state index contributed by atoms with van der Waals surface area (Å²) in [6.45, 7) is 2.75. The fraction of sp³-hybridized carbons (Fsp3) is 0.938. The lowest BCUT2D eigenvalue weighted by Gasteiger charge is -2.28. The Hall–Kier alpha value is -0.810. The number of nitrogens with one attached hydrogen (secondary N) is 1. The van der Waals surface area contributed by atoms with E-state index in [4.69, 9.17) is 4.74 Å². The Kier molecular flexibility index (Phi) is 3.38. The van der Waals surface area contributed by atoms with Gasteiger partial charge in [0.15, 0.2) is 5.96 Å². The molecular formula is C16H27N3O2. The van der Waals surface area contributed by atoms with Crippen LogP contribution in [-0.4, -0.2) is 60.5 Å². The number of likely N-dealkylation sites (tertiary alicyclic amines) is 1. The predicted octanol–water partition coefficient (Wildman–Crippen LogP) is 0.976. The summed E-state index contributed by atoms with van der Waals surface area (Å²) in [6, 6.07) is 0. The summed E-state index contributed by atoms with van der Waals surface area (Å²) in [6.07, 6.45) is 7.58. The zero-order chi connectivity index (χ0) is 14.4. The highest BCUT2D eigenvalue weighted by molar-refractivity contribution is 5.80. The van der Waals surface area contributed by atoms with Gasteiger partial charge in [-0.15, -0.1) is 0 Å². The monoisotopic (exact) mass is 293 g/mol. The van der Waals surface area contributed by atoms with Gasteiger partial charge in [-0.05, 0) is 25.7 Å². The van der Waals surface area contributed by atoms with Gasteiger partial charge in [-0.3, -0.25) is 4.99 Å². The lowest BCUT2D eigenvalue weighted by Crippen LogP contribution is -2.47. The van der Waals surface area contributed by atoms with Crippen molar-refractivity contribution in [1.82, 2.24) is 10.2 Å². The van der Waals surface area contributed by atoms with Crippen LogP contribution in [0.1, 0.15) is 38.5 Å². The van der Waals surface area contributed by atoms with Crippen molar-refractivity contribution < 1.29 is 9.84 Å². The number of aliphatic imine (C=N–C) groups is 1. The van der Waals surface area contributed by atoms with Crippen molar-refractivity contribution >= 4 is 5.96 Å². The highest BCUT2D eigenvalue weighted by Gasteiger charge is 2.53. The van der Waals surface area contributed by atoms with Crippen molar-refractivity contribution in [2.45, 2.75) is 56.3 Å². The lowest BCUT2D eigenvalue weighted by atomic mass is 9.82. The molecule has 118 valence electrons. The second-order valence-electron chi connectivity index (χ2n) is 7.36. The molecule has 0 amide bonds. The molecule has 0 aromatic heterocycles. The van der Waals surface area contributed by atoms with Crippen LogP contribution in [0.25, 0.3) is 0 Å². The smallest absolute Gasteiger partial charge is 0.193 e. The molecule has 4 fully saturated rings. The molecule has 4 rings (SSSR count). The molecule has 0 aromatic rings. The molecule has 0 aromatic carbocycles. The highest BCUT2D eigenvalue weighted by Crippen LogP contribution is 2.47. The van der Waals surface area contributed by atoms with Gasteiger partial charge in [-0.25, -0.2) is 0 Å². The maximum atomic E-state index is 10.5. The van der Waals surface area contributed by atoms with E-state index in [2.05, 4.69) is 15.2 Å². The summed E-state index contributed by atoms with van der Waals surface area (Å²) in [7, 11) is 1.85. The zero-order valence-corrected chi connectivity index (χ0v) is 12.9. The Morgan fingerprint density at radius 3 is 2.43 bits per heavy atom. The summed E-state index contributed by atoms with van der Waals surface area (Å²) in [4.78, 5) is 6.82. The first-order valence-electron chi connectivity index (χ1n) is 8.52. The summed E-state index contributed by atoms with van der Waals surface area (Å²) < 4.78 is 6.03. The van der Waals surface area contributed by atoms with E-state index in [9.17, 15) is 5.11 Å². The van der Waals surface area contributed by atoms with Gasteiger partial charge in [0.2, 0.25) is 0 Å². The molecule has 1 saturated carbocycles. The third-order valence-electron chi connectivity index (χ3n) is 6.07. The molecule has 5 nitrogen and oxygen atoms in total. The zero-order valence-electron chi connectivity index (χ0n) is 12.9. The molecule has 2 bridgehead atoms. The molecule has 3 saturated heterocycles. The average molecular weight is 293 g/mol. The first-order valence-corrected chi connectivity index (χ1v) is 8.52. The highest BCUT2D eigenvalue weighted by atomic mass is 16.5. The van der Waals surface area contributed by atoms with Crippen molar-refractivity contribution in [2.75, 3.05) is 26.7 Å². The second-order valence-corrected chi connectivity index (χ2v) is 7.36. The normalized spacial score (nSPS) is 40.9. The van der Waals surface area contributed by atoms with E-state index in [1.54, 1.807) is 0 Å². The van der Waals surface area contributed by atoms with Crippen LogP contribution < -0.4 is 5.32 Å².